The van der Waals surface area contributed by atoms with E-state index in [-0.39, 0.29) is 44.2 Å². The Morgan fingerprint density at radius 3 is 2.36 bits per heavy atom. The molecule has 1 aliphatic heterocycles. The molecular weight excluding hydrogens is 422 g/mol. The van der Waals surface area contributed by atoms with Crippen molar-refractivity contribution in [2.75, 3.05) is 39.9 Å². The monoisotopic (exact) mass is 453 g/mol. The lowest BCUT2D eigenvalue weighted by atomic mass is 9.79. The van der Waals surface area contributed by atoms with Crippen LogP contribution < -0.4 is 0 Å². The molecule has 8 nitrogen and oxygen atoms in total. The van der Waals surface area contributed by atoms with Crippen LogP contribution in [-0.2, 0) is 37.3 Å². The molecule has 0 N–H and O–H groups in total. The molecule has 33 heavy (non-hydrogen) atoms. The highest BCUT2D eigenvalue weighted by atomic mass is 16.5. The Kier molecular flexibility index (Phi) is 6.56. The molecule has 176 valence electrons. The molecule has 0 saturated heterocycles. The van der Waals surface area contributed by atoms with Crippen molar-refractivity contribution in [2.45, 2.75) is 26.3 Å². The Balaban J connectivity index is 1.61. The molecule has 0 unspecified atom stereocenters. The topological polar surface area (TPSA) is 81.1 Å². The highest BCUT2D eigenvalue weighted by Gasteiger charge is 2.37. The number of aromatic nitrogens is 1. The third kappa shape index (κ3) is 4.66. The van der Waals surface area contributed by atoms with E-state index in [9.17, 15) is 14.4 Å². The predicted octanol–water partition coefficient (Wildman–Crippen LogP) is 2.00. The average Bonchev–Trinajstić information content (AvgIpc) is 3.09. The van der Waals surface area contributed by atoms with Gasteiger partial charge in [-0.05, 0) is 36.2 Å². The van der Waals surface area contributed by atoms with E-state index in [1.807, 2.05) is 0 Å². The Labute approximate surface area is 193 Å². The van der Waals surface area contributed by atoms with Crippen LogP contribution in [0.2, 0.25) is 0 Å². The van der Waals surface area contributed by atoms with Crippen molar-refractivity contribution < 1.29 is 23.9 Å². The molecule has 0 fully saturated rings. The van der Waals surface area contributed by atoms with Crippen molar-refractivity contribution in [1.82, 2.24) is 14.4 Å². The Morgan fingerprint density at radius 2 is 1.73 bits per heavy atom. The fourth-order valence-corrected chi connectivity index (χ4v) is 5.05. The van der Waals surface area contributed by atoms with Gasteiger partial charge in [0.05, 0.1) is 19.0 Å². The summed E-state index contributed by atoms with van der Waals surface area (Å²) in [7, 11) is 4.13. The van der Waals surface area contributed by atoms with E-state index in [1.165, 1.54) is 41.5 Å². The molecule has 0 radical (unpaired) electrons. The van der Waals surface area contributed by atoms with Crippen LogP contribution in [0.4, 0.5) is 0 Å². The largest absolute Gasteiger partial charge is 0.464 e. The van der Waals surface area contributed by atoms with Gasteiger partial charge in [-0.3, -0.25) is 19.3 Å². The van der Waals surface area contributed by atoms with E-state index in [0.717, 1.165) is 6.42 Å². The molecule has 1 amide bonds. The maximum Gasteiger partial charge on any atom is 0.302 e. The van der Waals surface area contributed by atoms with Gasteiger partial charge >= 0.3 is 11.9 Å². The Hall–Kier alpha value is -3.13. The zero-order valence-corrected chi connectivity index (χ0v) is 19.7. The number of amides is 1. The number of benzene rings is 1. The number of hydrogen-bond donors (Lipinski definition) is 0. The molecule has 2 aromatic rings. The van der Waals surface area contributed by atoms with Crippen molar-refractivity contribution >= 4 is 34.3 Å². The summed E-state index contributed by atoms with van der Waals surface area (Å²) >= 11 is 0. The highest BCUT2D eigenvalue weighted by Crippen LogP contribution is 2.41. The second-order valence-electron chi connectivity index (χ2n) is 8.86. The predicted molar refractivity (Wildman–Crippen MR) is 124 cm³/mol. The molecular formula is C25H31N3O5. The number of carbonyl (C=O) groups is 3. The van der Waals surface area contributed by atoms with Crippen LogP contribution in [-0.4, -0.2) is 78.2 Å². The molecule has 2 heterocycles. The van der Waals surface area contributed by atoms with Gasteiger partial charge in [-0.1, -0.05) is 18.2 Å². The first-order valence-electron chi connectivity index (χ1n) is 11.3. The number of aryl methyl sites for hydroxylation is 1. The number of hydrogen-bond acceptors (Lipinski definition) is 6. The van der Waals surface area contributed by atoms with E-state index in [4.69, 9.17) is 9.47 Å². The van der Waals surface area contributed by atoms with Crippen molar-refractivity contribution in [3.8, 4) is 0 Å². The average molecular weight is 454 g/mol. The van der Waals surface area contributed by atoms with Crippen molar-refractivity contribution in [1.29, 1.82) is 0 Å². The Bertz CT molecular complexity index is 1100. The third-order valence-electron chi connectivity index (χ3n) is 6.54. The minimum absolute atomic E-state index is 0.0573. The van der Waals surface area contributed by atoms with Crippen LogP contribution >= 0.6 is 0 Å². The van der Waals surface area contributed by atoms with Crippen LogP contribution in [0.1, 0.15) is 25.0 Å². The molecule has 2 aliphatic rings. The van der Waals surface area contributed by atoms with Gasteiger partial charge in [-0.15, -0.1) is 0 Å². The zero-order valence-electron chi connectivity index (χ0n) is 19.7. The molecule has 2 atom stereocenters. The normalized spacial score (nSPS) is 19.6. The fourth-order valence-electron chi connectivity index (χ4n) is 5.05. The number of rotatable bonds is 7. The minimum atomic E-state index is -0.390. The quantitative estimate of drug-likeness (QED) is 0.597. The zero-order chi connectivity index (χ0) is 23.7. The standard InChI is InChI=1S/C25H31N3O5/c1-16(29)32-10-8-28(9-11-33-17(2)30)25(31)19-12-21-20-6-5-7-22-24(20)18(14-26(22)3)13-23(21)27(4)15-19/h5-7,12,14,19,23H,8-11,13,15H2,1-4H3/t19-,23-/m1/s1. The molecule has 1 aliphatic carbocycles. The van der Waals surface area contributed by atoms with Gasteiger partial charge < -0.3 is 18.9 Å². The summed E-state index contributed by atoms with van der Waals surface area (Å²) in [6.45, 7) is 4.00. The van der Waals surface area contributed by atoms with Crippen molar-refractivity contribution in [2.24, 2.45) is 13.0 Å². The lowest BCUT2D eigenvalue weighted by Gasteiger charge is -2.40. The van der Waals surface area contributed by atoms with Crippen LogP contribution in [0.25, 0.3) is 16.5 Å². The first kappa shape index (κ1) is 23.0. The second kappa shape index (κ2) is 9.39. The SMILES string of the molecule is CC(=O)OCCN(CCOC(C)=O)C(=O)[C@@H]1C=C2c3cccc4c3c(cn4C)C[C@H]2N(C)C1. The molecule has 4 rings (SSSR count). The van der Waals surface area contributed by atoms with Gasteiger partial charge in [0.25, 0.3) is 0 Å². The Morgan fingerprint density at radius 1 is 1.06 bits per heavy atom. The summed E-state index contributed by atoms with van der Waals surface area (Å²) in [5, 5.41) is 1.27. The minimum Gasteiger partial charge on any atom is -0.464 e. The summed E-state index contributed by atoms with van der Waals surface area (Å²) < 4.78 is 12.3. The number of nitrogens with zero attached hydrogens (tertiary/aromatic N) is 3. The molecule has 1 aromatic carbocycles. The summed E-state index contributed by atoms with van der Waals surface area (Å²) in [4.78, 5) is 39.8. The number of likely N-dealkylation sites (N-methyl/N-ethyl adjacent to an activating group) is 1. The van der Waals surface area contributed by atoms with E-state index >= 15 is 0 Å². The van der Waals surface area contributed by atoms with Crippen LogP contribution in [0.5, 0.6) is 0 Å². The summed E-state index contributed by atoms with van der Waals surface area (Å²) in [5.41, 5.74) is 4.91. The number of esters is 2. The van der Waals surface area contributed by atoms with E-state index < -0.39 is 11.9 Å². The third-order valence-corrected chi connectivity index (χ3v) is 6.54. The first-order chi connectivity index (χ1) is 15.8. The van der Waals surface area contributed by atoms with E-state index in [0.29, 0.717) is 6.54 Å². The van der Waals surface area contributed by atoms with Crippen LogP contribution in [0, 0.1) is 5.92 Å². The van der Waals surface area contributed by atoms with Gasteiger partial charge in [-0.2, -0.15) is 0 Å². The van der Waals surface area contributed by atoms with Crippen molar-refractivity contribution in [3.05, 3.63) is 41.6 Å². The maximum absolute atomic E-state index is 13.5. The number of ether oxygens (including phenoxy) is 2. The molecule has 0 spiro atoms. The second-order valence-corrected chi connectivity index (χ2v) is 8.86. The molecule has 0 saturated carbocycles. The fraction of sp³-hybridized carbons (Fsp3) is 0.480. The summed E-state index contributed by atoms with van der Waals surface area (Å²) in [6.07, 6.45) is 5.24. The molecule has 8 heteroatoms. The lowest BCUT2D eigenvalue weighted by Crippen LogP contribution is -2.48. The van der Waals surface area contributed by atoms with Gasteiger partial charge in [0.2, 0.25) is 5.91 Å². The summed E-state index contributed by atoms with van der Waals surface area (Å²) in [6, 6.07) is 6.57. The highest BCUT2D eigenvalue weighted by molar-refractivity contribution is 5.99. The number of fused-ring (bicyclic) bond motifs is 2. The van der Waals surface area contributed by atoms with E-state index in [1.54, 1.807) is 4.90 Å². The molecule has 1 aromatic heterocycles. The number of carbonyl (C=O) groups excluding carboxylic acids is 3. The van der Waals surface area contributed by atoms with Gasteiger partial charge in [0.1, 0.15) is 13.2 Å². The first-order valence-corrected chi connectivity index (χ1v) is 11.3. The summed E-state index contributed by atoms with van der Waals surface area (Å²) in [5.74, 6) is -1.17. The van der Waals surface area contributed by atoms with Gasteiger partial charge in [0.15, 0.2) is 0 Å². The molecule has 0 bridgehead atoms. The van der Waals surface area contributed by atoms with Crippen molar-refractivity contribution in [3.63, 3.8) is 0 Å². The lowest BCUT2D eigenvalue weighted by molar-refractivity contribution is -0.146. The van der Waals surface area contributed by atoms with Crippen LogP contribution in [0.15, 0.2) is 30.5 Å². The maximum atomic E-state index is 13.5. The van der Waals surface area contributed by atoms with Gasteiger partial charge in [-0.25, -0.2) is 0 Å². The smallest absolute Gasteiger partial charge is 0.302 e. The van der Waals surface area contributed by atoms with Crippen LogP contribution in [0.3, 0.4) is 0 Å². The van der Waals surface area contributed by atoms with Gasteiger partial charge in [0, 0.05) is 50.6 Å². The van der Waals surface area contributed by atoms with E-state index in [2.05, 4.69) is 54.0 Å².